The molecule has 24 heavy (non-hydrogen) atoms. The van der Waals surface area contributed by atoms with E-state index in [1.807, 2.05) is 30.3 Å². The zero-order valence-corrected chi connectivity index (χ0v) is 14.1. The molecule has 0 unspecified atom stereocenters. The SMILES string of the molecule is O=C(O)CCCCNC(=O)CSCc1coc(-c2ccccc2)n1. The van der Waals surface area contributed by atoms with Crippen molar-refractivity contribution >= 4 is 23.6 Å². The summed E-state index contributed by atoms with van der Waals surface area (Å²) in [7, 11) is 0. The summed E-state index contributed by atoms with van der Waals surface area (Å²) in [5, 5.41) is 11.3. The zero-order valence-electron chi connectivity index (χ0n) is 13.2. The van der Waals surface area contributed by atoms with E-state index in [0.717, 1.165) is 11.3 Å². The lowest BCUT2D eigenvalue weighted by atomic mass is 10.2. The average Bonchev–Trinajstić information content (AvgIpc) is 3.04. The number of aromatic nitrogens is 1. The highest BCUT2D eigenvalue weighted by Gasteiger charge is 2.07. The molecule has 0 fully saturated rings. The molecule has 6 nitrogen and oxygen atoms in total. The van der Waals surface area contributed by atoms with Crippen LogP contribution in [0.25, 0.3) is 11.5 Å². The van der Waals surface area contributed by atoms with Crippen LogP contribution in [0.3, 0.4) is 0 Å². The van der Waals surface area contributed by atoms with E-state index in [-0.39, 0.29) is 12.3 Å². The first-order valence-corrected chi connectivity index (χ1v) is 8.86. The predicted octanol–water partition coefficient (Wildman–Crippen LogP) is 2.95. The van der Waals surface area contributed by atoms with Crippen molar-refractivity contribution in [1.29, 1.82) is 0 Å². The molecule has 128 valence electrons. The van der Waals surface area contributed by atoms with Crippen molar-refractivity contribution in [1.82, 2.24) is 10.3 Å². The van der Waals surface area contributed by atoms with E-state index in [2.05, 4.69) is 10.3 Å². The fourth-order valence-electron chi connectivity index (χ4n) is 2.01. The second-order valence-electron chi connectivity index (χ2n) is 5.20. The maximum Gasteiger partial charge on any atom is 0.303 e. The second-order valence-corrected chi connectivity index (χ2v) is 6.19. The van der Waals surface area contributed by atoms with Gasteiger partial charge >= 0.3 is 5.97 Å². The van der Waals surface area contributed by atoms with Crippen LogP contribution in [0.1, 0.15) is 25.0 Å². The number of carboxylic acids is 1. The van der Waals surface area contributed by atoms with Gasteiger partial charge in [-0.15, -0.1) is 11.8 Å². The molecule has 1 amide bonds. The Bertz CT molecular complexity index is 658. The van der Waals surface area contributed by atoms with Gasteiger partial charge in [0.25, 0.3) is 0 Å². The van der Waals surface area contributed by atoms with Gasteiger partial charge in [-0.1, -0.05) is 18.2 Å². The molecular weight excluding hydrogens is 328 g/mol. The molecule has 2 aromatic rings. The van der Waals surface area contributed by atoms with E-state index < -0.39 is 5.97 Å². The van der Waals surface area contributed by atoms with Crippen LogP contribution >= 0.6 is 11.8 Å². The molecule has 0 spiro atoms. The number of benzene rings is 1. The molecule has 1 aromatic carbocycles. The van der Waals surface area contributed by atoms with Gasteiger partial charge < -0.3 is 14.8 Å². The Morgan fingerprint density at radius 2 is 2.00 bits per heavy atom. The summed E-state index contributed by atoms with van der Waals surface area (Å²) in [6, 6.07) is 9.65. The number of aliphatic carboxylic acids is 1. The Hall–Kier alpha value is -2.28. The first-order chi connectivity index (χ1) is 11.6. The number of carbonyl (C=O) groups is 2. The molecule has 0 saturated carbocycles. The summed E-state index contributed by atoms with van der Waals surface area (Å²) in [6.07, 6.45) is 3.00. The first-order valence-electron chi connectivity index (χ1n) is 7.71. The lowest BCUT2D eigenvalue weighted by molar-refractivity contribution is -0.137. The third kappa shape index (κ3) is 6.45. The molecule has 0 bridgehead atoms. The molecule has 7 heteroatoms. The molecule has 0 aliphatic heterocycles. The van der Waals surface area contributed by atoms with Crippen LogP contribution < -0.4 is 5.32 Å². The summed E-state index contributed by atoms with van der Waals surface area (Å²) in [4.78, 5) is 26.4. The molecule has 0 atom stereocenters. The summed E-state index contributed by atoms with van der Waals surface area (Å²) in [5.74, 6) is 0.658. The van der Waals surface area contributed by atoms with Gasteiger partial charge in [0.1, 0.15) is 6.26 Å². The van der Waals surface area contributed by atoms with Gasteiger partial charge in [-0.3, -0.25) is 9.59 Å². The molecular formula is C17H20N2O4S. The fraction of sp³-hybridized carbons (Fsp3) is 0.353. The van der Waals surface area contributed by atoms with Gasteiger partial charge in [0.2, 0.25) is 11.8 Å². The maximum absolute atomic E-state index is 11.7. The summed E-state index contributed by atoms with van der Waals surface area (Å²) in [6.45, 7) is 0.509. The number of carboxylic acid groups (broad SMARTS) is 1. The van der Waals surface area contributed by atoms with Gasteiger partial charge in [0, 0.05) is 24.3 Å². The van der Waals surface area contributed by atoms with Crippen LogP contribution in [-0.4, -0.2) is 34.3 Å². The van der Waals surface area contributed by atoms with Crippen LogP contribution in [-0.2, 0) is 15.3 Å². The second kappa shape index (κ2) is 9.77. The van der Waals surface area contributed by atoms with Crippen LogP contribution in [0, 0.1) is 0 Å². The summed E-state index contributed by atoms with van der Waals surface area (Å²) in [5.41, 5.74) is 1.72. The highest BCUT2D eigenvalue weighted by molar-refractivity contribution is 7.99. The standard InChI is InChI=1S/C17H20N2O4S/c20-15(18-9-5-4-8-16(21)22)12-24-11-14-10-23-17(19-14)13-6-2-1-3-7-13/h1-3,6-7,10H,4-5,8-9,11-12H2,(H,18,20)(H,21,22). The average molecular weight is 348 g/mol. The lowest BCUT2D eigenvalue weighted by Crippen LogP contribution is -2.26. The number of nitrogens with one attached hydrogen (secondary N) is 1. The highest BCUT2D eigenvalue weighted by atomic mass is 32.2. The molecule has 1 aromatic heterocycles. The third-order valence-corrected chi connectivity index (χ3v) is 4.16. The van der Waals surface area contributed by atoms with Crippen LogP contribution in [0.15, 0.2) is 41.0 Å². The number of nitrogens with zero attached hydrogens (tertiary/aromatic N) is 1. The molecule has 0 aliphatic carbocycles. The number of hydrogen-bond donors (Lipinski definition) is 2. The van der Waals surface area contributed by atoms with Crippen LogP contribution in [0.2, 0.25) is 0 Å². The highest BCUT2D eigenvalue weighted by Crippen LogP contribution is 2.20. The number of hydrogen-bond acceptors (Lipinski definition) is 5. The smallest absolute Gasteiger partial charge is 0.303 e. The molecule has 1 heterocycles. The number of thioether (sulfide) groups is 1. The van der Waals surface area contributed by atoms with Gasteiger partial charge in [-0.25, -0.2) is 4.98 Å². The third-order valence-electron chi connectivity index (χ3n) is 3.20. The number of carbonyl (C=O) groups excluding carboxylic acids is 1. The first kappa shape index (κ1) is 18.1. The van der Waals surface area contributed by atoms with Gasteiger partial charge in [-0.2, -0.15) is 0 Å². The number of rotatable bonds is 10. The van der Waals surface area contributed by atoms with E-state index in [4.69, 9.17) is 9.52 Å². The van der Waals surface area contributed by atoms with Crippen LogP contribution in [0.4, 0.5) is 0 Å². The van der Waals surface area contributed by atoms with Crippen molar-refractivity contribution in [3.8, 4) is 11.5 Å². The molecule has 2 rings (SSSR count). The largest absolute Gasteiger partial charge is 0.481 e. The molecule has 2 N–H and O–H groups in total. The van der Waals surface area contributed by atoms with Crippen molar-refractivity contribution in [2.24, 2.45) is 0 Å². The summed E-state index contributed by atoms with van der Waals surface area (Å²) >= 11 is 1.46. The lowest BCUT2D eigenvalue weighted by Gasteiger charge is -2.03. The summed E-state index contributed by atoms with van der Waals surface area (Å²) < 4.78 is 5.45. The minimum Gasteiger partial charge on any atom is -0.481 e. The number of amides is 1. The minimum absolute atomic E-state index is 0.0536. The maximum atomic E-state index is 11.7. The van der Waals surface area contributed by atoms with E-state index in [1.54, 1.807) is 6.26 Å². The Morgan fingerprint density at radius 1 is 1.21 bits per heavy atom. The molecule has 0 radical (unpaired) electrons. The minimum atomic E-state index is -0.806. The van der Waals surface area contributed by atoms with Crippen molar-refractivity contribution in [2.45, 2.75) is 25.0 Å². The van der Waals surface area contributed by atoms with Crippen LogP contribution in [0.5, 0.6) is 0 Å². The normalized spacial score (nSPS) is 10.5. The molecule has 0 saturated heterocycles. The van der Waals surface area contributed by atoms with E-state index in [1.165, 1.54) is 11.8 Å². The Kier molecular flexibility index (Phi) is 7.35. The topological polar surface area (TPSA) is 92.4 Å². The predicted molar refractivity (Wildman–Crippen MR) is 92.6 cm³/mol. The Balaban J connectivity index is 1.63. The number of oxazole rings is 1. The number of unbranched alkanes of at least 4 members (excludes halogenated alkanes) is 1. The monoisotopic (exact) mass is 348 g/mol. The van der Waals surface area contributed by atoms with Gasteiger partial charge in [0.15, 0.2) is 0 Å². The Labute approximate surface area is 144 Å². The van der Waals surface area contributed by atoms with Gasteiger partial charge in [-0.05, 0) is 25.0 Å². The fourth-order valence-corrected chi connectivity index (χ4v) is 2.75. The van der Waals surface area contributed by atoms with E-state index in [0.29, 0.717) is 36.8 Å². The quantitative estimate of drug-likeness (QED) is 0.641. The Morgan fingerprint density at radius 3 is 2.75 bits per heavy atom. The van der Waals surface area contributed by atoms with Crippen molar-refractivity contribution in [3.05, 3.63) is 42.3 Å². The van der Waals surface area contributed by atoms with Gasteiger partial charge in [0.05, 0.1) is 11.4 Å². The van der Waals surface area contributed by atoms with Crippen molar-refractivity contribution in [3.63, 3.8) is 0 Å². The van der Waals surface area contributed by atoms with E-state index in [9.17, 15) is 9.59 Å². The van der Waals surface area contributed by atoms with E-state index >= 15 is 0 Å². The molecule has 0 aliphatic rings. The zero-order chi connectivity index (χ0) is 17.2. The van der Waals surface area contributed by atoms with Crippen molar-refractivity contribution in [2.75, 3.05) is 12.3 Å². The van der Waals surface area contributed by atoms with Crippen molar-refractivity contribution < 1.29 is 19.1 Å².